The van der Waals surface area contributed by atoms with Crippen LogP contribution in [-0.4, -0.2) is 36.2 Å². The summed E-state index contributed by atoms with van der Waals surface area (Å²) < 4.78 is 0. The summed E-state index contributed by atoms with van der Waals surface area (Å²) in [7, 11) is 0. The van der Waals surface area contributed by atoms with E-state index in [2.05, 4.69) is 29.4 Å². The van der Waals surface area contributed by atoms with Crippen molar-refractivity contribution in [2.45, 2.75) is 13.8 Å². The molecule has 0 fully saturated rings. The lowest BCUT2D eigenvalue weighted by atomic mass is 10.3. The highest BCUT2D eigenvalue weighted by Crippen LogP contribution is 2.24. The first-order valence-corrected chi connectivity index (χ1v) is 7.45. The third-order valence-corrected chi connectivity index (χ3v) is 3.77. The summed E-state index contributed by atoms with van der Waals surface area (Å²) in [5, 5.41) is 7.88. The Hall–Kier alpha value is -0.550. The van der Waals surface area contributed by atoms with Crippen LogP contribution in [0.25, 0.3) is 0 Å². The fourth-order valence-electron chi connectivity index (χ4n) is 1.62. The molecule has 1 aromatic carbocycles. The van der Waals surface area contributed by atoms with Crippen molar-refractivity contribution < 1.29 is 0 Å². The zero-order valence-electron chi connectivity index (χ0n) is 11.2. The van der Waals surface area contributed by atoms with Crippen LogP contribution >= 0.6 is 35.4 Å². The van der Waals surface area contributed by atoms with Crippen molar-refractivity contribution in [3.8, 4) is 0 Å². The van der Waals surface area contributed by atoms with Gasteiger partial charge in [0.25, 0.3) is 0 Å². The zero-order valence-corrected chi connectivity index (χ0v) is 13.5. The lowest BCUT2D eigenvalue weighted by molar-refractivity contribution is 0.308. The van der Waals surface area contributed by atoms with Gasteiger partial charge in [0.1, 0.15) is 0 Å². The molecule has 0 unspecified atom stereocenters. The first-order valence-electron chi connectivity index (χ1n) is 6.29. The Bertz CT molecular complexity index is 422. The quantitative estimate of drug-likeness (QED) is 0.783. The number of thiocarbonyl (C=S) groups is 1. The fraction of sp³-hybridized carbons (Fsp3) is 0.462. The van der Waals surface area contributed by atoms with Gasteiger partial charge in [0.15, 0.2) is 5.11 Å². The number of benzene rings is 1. The van der Waals surface area contributed by atoms with Gasteiger partial charge < -0.3 is 15.5 Å². The van der Waals surface area contributed by atoms with Gasteiger partial charge in [-0.1, -0.05) is 37.0 Å². The summed E-state index contributed by atoms with van der Waals surface area (Å²) in [4.78, 5) is 2.33. The van der Waals surface area contributed by atoms with E-state index in [1.807, 2.05) is 6.07 Å². The maximum absolute atomic E-state index is 5.94. The summed E-state index contributed by atoms with van der Waals surface area (Å²) >= 11 is 17.0. The Morgan fingerprint density at radius 3 is 2.47 bits per heavy atom. The molecule has 0 saturated heterocycles. The molecule has 0 spiro atoms. The maximum atomic E-state index is 5.94. The normalized spacial score (nSPS) is 10.6. The number of hydrogen-bond donors (Lipinski definition) is 2. The molecule has 0 aliphatic carbocycles. The van der Waals surface area contributed by atoms with Crippen LogP contribution in [0.5, 0.6) is 0 Å². The number of hydrogen-bond acceptors (Lipinski definition) is 2. The average molecular weight is 320 g/mol. The molecular weight excluding hydrogens is 301 g/mol. The molecule has 0 aliphatic rings. The standard InChI is InChI=1S/C13H19Cl2N3S/c1-3-18(4-2)8-7-16-13(19)17-10-5-6-11(14)12(15)9-10/h5-6,9H,3-4,7-8H2,1-2H3,(H2,16,17,19). The zero-order chi connectivity index (χ0) is 14.3. The van der Waals surface area contributed by atoms with E-state index in [1.54, 1.807) is 12.1 Å². The van der Waals surface area contributed by atoms with Crippen LogP contribution in [0.4, 0.5) is 5.69 Å². The van der Waals surface area contributed by atoms with Crippen molar-refractivity contribution in [2.24, 2.45) is 0 Å². The van der Waals surface area contributed by atoms with E-state index < -0.39 is 0 Å². The van der Waals surface area contributed by atoms with Crippen LogP contribution in [0.1, 0.15) is 13.8 Å². The molecule has 0 amide bonds. The molecule has 1 rings (SSSR count). The van der Waals surface area contributed by atoms with Crippen LogP contribution in [0.15, 0.2) is 18.2 Å². The van der Waals surface area contributed by atoms with Crippen molar-refractivity contribution in [1.82, 2.24) is 10.2 Å². The van der Waals surface area contributed by atoms with E-state index in [9.17, 15) is 0 Å². The predicted octanol–water partition coefficient (Wildman–Crippen LogP) is 3.62. The molecule has 0 aliphatic heterocycles. The van der Waals surface area contributed by atoms with Gasteiger partial charge in [0.2, 0.25) is 0 Å². The second-order valence-electron chi connectivity index (χ2n) is 4.04. The Labute approximate surface area is 130 Å². The molecule has 2 N–H and O–H groups in total. The van der Waals surface area contributed by atoms with E-state index >= 15 is 0 Å². The van der Waals surface area contributed by atoms with Gasteiger partial charge in [-0.15, -0.1) is 0 Å². The largest absolute Gasteiger partial charge is 0.361 e. The molecule has 0 heterocycles. The minimum Gasteiger partial charge on any atom is -0.361 e. The minimum atomic E-state index is 0.512. The number of nitrogens with zero attached hydrogens (tertiary/aromatic N) is 1. The van der Waals surface area contributed by atoms with Gasteiger partial charge in [-0.2, -0.15) is 0 Å². The first kappa shape index (κ1) is 16.5. The summed E-state index contributed by atoms with van der Waals surface area (Å²) in [5.41, 5.74) is 0.828. The summed E-state index contributed by atoms with van der Waals surface area (Å²) in [6.07, 6.45) is 0. The Morgan fingerprint density at radius 1 is 1.21 bits per heavy atom. The highest BCUT2D eigenvalue weighted by molar-refractivity contribution is 7.80. The number of likely N-dealkylation sites (N-methyl/N-ethyl adjacent to an activating group) is 1. The number of anilines is 1. The van der Waals surface area contributed by atoms with Crippen molar-refractivity contribution in [2.75, 3.05) is 31.5 Å². The third-order valence-electron chi connectivity index (χ3n) is 2.79. The lowest BCUT2D eigenvalue weighted by Gasteiger charge is -2.19. The molecule has 0 bridgehead atoms. The van der Waals surface area contributed by atoms with E-state index in [-0.39, 0.29) is 0 Å². The van der Waals surface area contributed by atoms with E-state index in [4.69, 9.17) is 35.4 Å². The molecule has 0 saturated carbocycles. The van der Waals surface area contributed by atoms with Crippen LogP contribution in [0.2, 0.25) is 10.0 Å². The average Bonchev–Trinajstić information content (AvgIpc) is 2.39. The lowest BCUT2D eigenvalue weighted by Crippen LogP contribution is -2.36. The molecule has 0 atom stereocenters. The van der Waals surface area contributed by atoms with Crippen molar-refractivity contribution in [3.63, 3.8) is 0 Å². The molecular formula is C13H19Cl2N3S. The second-order valence-corrected chi connectivity index (χ2v) is 5.26. The van der Waals surface area contributed by atoms with Crippen LogP contribution in [0.3, 0.4) is 0 Å². The van der Waals surface area contributed by atoms with Gasteiger partial charge >= 0.3 is 0 Å². The number of halogens is 2. The summed E-state index contributed by atoms with van der Waals surface area (Å²) in [6, 6.07) is 5.33. The van der Waals surface area contributed by atoms with E-state index in [0.717, 1.165) is 31.9 Å². The minimum absolute atomic E-state index is 0.512. The molecule has 106 valence electrons. The number of rotatable bonds is 6. The second kappa shape index (κ2) is 8.59. The summed E-state index contributed by atoms with van der Waals surface area (Å²) in [6.45, 7) is 8.17. The topological polar surface area (TPSA) is 27.3 Å². The van der Waals surface area contributed by atoms with Crippen LogP contribution < -0.4 is 10.6 Å². The van der Waals surface area contributed by atoms with Crippen molar-refractivity contribution >= 4 is 46.2 Å². The summed E-state index contributed by atoms with van der Waals surface area (Å²) in [5.74, 6) is 0. The van der Waals surface area contributed by atoms with Crippen molar-refractivity contribution in [1.29, 1.82) is 0 Å². The van der Waals surface area contributed by atoms with Gasteiger partial charge in [-0.05, 0) is 43.5 Å². The Morgan fingerprint density at radius 2 is 1.89 bits per heavy atom. The monoisotopic (exact) mass is 319 g/mol. The predicted molar refractivity (Wildman–Crippen MR) is 88.5 cm³/mol. The van der Waals surface area contributed by atoms with Gasteiger partial charge in [0, 0.05) is 18.8 Å². The molecule has 1 aromatic rings. The molecule has 19 heavy (non-hydrogen) atoms. The Balaban J connectivity index is 2.36. The maximum Gasteiger partial charge on any atom is 0.170 e. The molecule has 0 aromatic heterocycles. The SMILES string of the molecule is CCN(CC)CCNC(=S)Nc1ccc(Cl)c(Cl)c1. The number of nitrogens with one attached hydrogen (secondary N) is 2. The Kier molecular flexibility index (Phi) is 7.46. The molecule has 3 nitrogen and oxygen atoms in total. The first-order chi connectivity index (χ1) is 9.06. The van der Waals surface area contributed by atoms with Crippen molar-refractivity contribution in [3.05, 3.63) is 28.2 Å². The van der Waals surface area contributed by atoms with E-state index in [1.165, 1.54) is 0 Å². The smallest absolute Gasteiger partial charge is 0.170 e. The third kappa shape index (κ3) is 5.95. The van der Waals surface area contributed by atoms with E-state index in [0.29, 0.717) is 15.2 Å². The van der Waals surface area contributed by atoms with Crippen LogP contribution in [0, 0.1) is 0 Å². The van der Waals surface area contributed by atoms with Gasteiger partial charge in [-0.25, -0.2) is 0 Å². The van der Waals surface area contributed by atoms with Gasteiger partial charge in [-0.3, -0.25) is 0 Å². The van der Waals surface area contributed by atoms with Crippen LogP contribution in [-0.2, 0) is 0 Å². The molecule has 6 heteroatoms. The van der Waals surface area contributed by atoms with Gasteiger partial charge in [0.05, 0.1) is 10.0 Å². The molecule has 0 radical (unpaired) electrons. The highest BCUT2D eigenvalue weighted by atomic mass is 35.5. The highest BCUT2D eigenvalue weighted by Gasteiger charge is 2.02. The fourth-order valence-corrected chi connectivity index (χ4v) is 2.13.